The molecule has 130 heavy (non-hydrogen) atoms. The maximum atomic E-state index is 4.73. The predicted octanol–water partition coefficient (Wildman–Crippen LogP) is 24.6. The summed E-state index contributed by atoms with van der Waals surface area (Å²) >= 11 is 0. The van der Waals surface area contributed by atoms with Crippen molar-refractivity contribution >= 4 is 142 Å². The Morgan fingerprint density at radius 2 is 0.708 bits per heavy atom. The molecule has 1 aliphatic rings. The van der Waals surface area contributed by atoms with Crippen molar-refractivity contribution in [3.05, 3.63) is 359 Å². The van der Waals surface area contributed by atoms with Crippen molar-refractivity contribution in [2.75, 3.05) is 0 Å². The molecule has 19 rings (SSSR count). The van der Waals surface area contributed by atoms with Crippen molar-refractivity contribution < 1.29 is 60.3 Å². The minimum Gasteiger partial charge on any atom is -0.381 e. The maximum absolute atomic E-state index is 4.73. The zero-order valence-corrected chi connectivity index (χ0v) is 93.1. The summed E-state index contributed by atoms with van der Waals surface area (Å²) in [6, 6.07) is 120. The number of fused-ring (bicyclic) bond motifs is 9. The summed E-state index contributed by atoms with van der Waals surface area (Å²) in [5, 5.41) is 16.6. The van der Waals surface area contributed by atoms with Gasteiger partial charge in [0, 0.05) is 121 Å². The average Bonchev–Trinajstić information content (AvgIpc) is 1.68. The van der Waals surface area contributed by atoms with Gasteiger partial charge >= 0.3 is 0 Å². The number of hydrogen-bond donors (Lipinski definition) is 0. The molecule has 0 amide bonds. The Morgan fingerprint density at radius 1 is 0.285 bits per heavy atom. The maximum Gasteiger partial charge on any atom is 0.0795 e. The molecule has 8 aromatic heterocycles. The van der Waals surface area contributed by atoms with E-state index in [4.69, 9.17) is 4.98 Å². The molecule has 0 aliphatic carbocycles. The molecular formula is C112H118Ir3N8Si7-6. The summed E-state index contributed by atoms with van der Waals surface area (Å²) in [6.45, 7) is 50.4. The molecule has 9 heterocycles. The number of aromatic nitrogens is 8. The fourth-order valence-electron chi connectivity index (χ4n) is 16.3. The predicted molar refractivity (Wildman–Crippen MR) is 564 cm³/mol. The molecule has 10 aromatic carbocycles. The third-order valence-corrected chi connectivity index (χ3v) is 39.4. The van der Waals surface area contributed by atoms with E-state index in [1.54, 1.807) is 5.19 Å². The molecule has 3 radical (unpaired) electrons. The van der Waals surface area contributed by atoms with Gasteiger partial charge in [0.25, 0.3) is 0 Å². The van der Waals surface area contributed by atoms with Gasteiger partial charge in [-0.05, 0) is 127 Å². The van der Waals surface area contributed by atoms with Crippen molar-refractivity contribution in [3.63, 3.8) is 0 Å². The summed E-state index contributed by atoms with van der Waals surface area (Å²) in [4.78, 5) is 27.6. The minimum absolute atomic E-state index is 0. The van der Waals surface area contributed by atoms with Crippen molar-refractivity contribution in [2.45, 2.75) is 144 Å². The van der Waals surface area contributed by atoms with Crippen molar-refractivity contribution in [2.24, 2.45) is 0 Å². The van der Waals surface area contributed by atoms with Crippen LogP contribution in [-0.4, -0.2) is 95.6 Å². The first kappa shape index (κ1) is 101. The monoisotopic (exact) mass is 2350 g/mol. The van der Waals surface area contributed by atoms with E-state index in [0.717, 1.165) is 74.1 Å². The number of aryl methyl sites for hydroxylation is 1. The topological polar surface area (TPSA) is 87.2 Å². The van der Waals surface area contributed by atoms with Gasteiger partial charge in [-0.15, -0.1) is 184 Å². The molecule has 1 aliphatic heterocycles. The summed E-state index contributed by atoms with van der Waals surface area (Å²) in [7, 11) is -9.60. The first-order chi connectivity index (χ1) is 60.5. The summed E-state index contributed by atoms with van der Waals surface area (Å²) in [5.74, 6) is 0. The Labute approximate surface area is 820 Å². The molecule has 0 unspecified atom stereocenters. The zero-order valence-electron chi connectivity index (χ0n) is 78.9. The summed E-state index contributed by atoms with van der Waals surface area (Å²) < 4.78 is 4.68. The van der Waals surface area contributed by atoms with Gasteiger partial charge in [0.2, 0.25) is 0 Å². The van der Waals surface area contributed by atoms with Crippen LogP contribution < -0.4 is 41.5 Å². The van der Waals surface area contributed by atoms with Crippen LogP contribution in [0.2, 0.25) is 131 Å². The average molecular weight is 2350 g/mol. The van der Waals surface area contributed by atoms with Gasteiger partial charge in [0.1, 0.15) is 0 Å². The fraction of sp³-hybridized carbons (Fsp3) is 0.196. The Bertz CT molecular complexity index is 6740. The van der Waals surface area contributed by atoms with E-state index in [1.165, 1.54) is 96.7 Å². The number of benzene rings is 10. The van der Waals surface area contributed by atoms with Crippen LogP contribution in [-0.2, 0) is 66.9 Å². The smallest absolute Gasteiger partial charge is 0.0795 e. The standard InChI is InChI=1S/C26H23N2Si.C22H23N2Si.C22H24NSi2.3C14H16NSi.3Ir/c1-29(2,3)21-15-16-27-24(18-21)19-13-14-26-23(17-19)22-11-7-8-12-25(22)28(26)20-9-5-4-6-10-20;1-5-24-19-10-7-6-9-17(19)18-15-16(12-13-20(18)24)22-21(25(2,3)4)11-8-14-23-22;1-24(2,3)17-12-13-23-20(15-17)16-10-11-22-19(14-16)18-8-6-7-9-21(18)25(22,4)5;1-16(2,3)13-10-7-11-15-14(13)12-8-5-4-6-9-12;2*1-16(2,3)13-9-10-14(15-11-13)12-7-5-4-6-8-12;;;/h4-12,14-18H,1-3H3;6-11,13-15H,5H2,1-4H3;6-9,11-15H,1-5H3;4-8,10-11H,1-3H3;2*4-7,9-11H,1-3H3;;;/q6*-1;;;. The van der Waals surface area contributed by atoms with E-state index in [0.29, 0.717) is 0 Å². The van der Waals surface area contributed by atoms with Crippen LogP contribution in [0.4, 0.5) is 0 Å². The van der Waals surface area contributed by atoms with Crippen LogP contribution in [0, 0.1) is 36.4 Å². The molecule has 0 atom stereocenters. The van der Waals surface area contributed by atoms with Crippen LogP contribution in [0.3, 0.4) is 0 Å². The van der Waals surface area contributed by atoms with Gasteiger partial charge in [-0.1, -0.05) is 301 Å². The number of hydrogen-bond acceptors (Lipinski definition) is 6. The molecule has 18 heteroatoms. The Hall–Kier alpha value is -9.83. The van der Waals surface area contributed by atoms with Gasteiger partial charge in [-0.25, -0.2) is 0 Å². The molecule has 0 fully saturated rings. The van der Waals surface area contributed by atoms with E-state index >= 15 is 0 Å². The molecule has 0 bridgehead atoms. The molecule has 8 nitrogen and oxygen atoms in total. The van der Waals surface area contributed by atoms with Crippen LogP contribution in [0.25, 0.3) is 128 Å². The quantitative estimate of drug-likeness (QED) is 0.0796. The minimum atomic E-state index is -1.59. The van der Waals surface area contributed by atoms with Gasteiger partial charge in [-0.3, -0.25) is 0 Å². The Balaban J connectivity index is 0.000000153. The number of nitrogens with zero attached hydrogens (tertiary/aromatic N) is 8. The molecule has 18 aromatic rings. The number of pyridine rings is 6. The second-order valence-electron chi connectivity index (χ2n) is 39.4. The third kappa shape index (κ3) is 23.6. The largest absolute Gasteiger partial charge is 0.381 e. The zero-order chi connectivity index (χ0) is 90.2. The van der Waals surface area contributed by atoms with Gasteiger partial charge in [-0.2, -0.15) is 0 Å². The van der Waals surface area contributed by atoms with Crippen molar-refractivity contribution in [1.82, 2.24) is 39.0 Å². The van der Waals surface area contributed by atoms with E-state index in [-0.39, 0.29) is 60.3 Å². The van der Waals surface area contributed by atoms with E-state index in [1.807, 2.05) is 110 Å². The van der Waals surface area contributed by atoms with Gasteiger partial charge in [0.15, 0.2) is 0 Å². The fourth-order valence-corrected chi connectivity index (χ4v) is 26.7. The van der Waals surface area contributed by atoms with Crippen LogP contribution in [0.15, 0.2) is 322 Å². The van der Waals surface area contributed by atoms with E-state index in [9.17, 15) is 0 Å². The van der Waals surface area contributed by atoms with E-state index in [2.05, 4.69) is 421 Å². The van der Waals surface area contributed by atoms with Crippen molar-refractivity contribution in [1.29, 1.82) is 0 Å². The summed E-state index contributed by atoms with van der Waals surface area (Å²) in [5.41, 5.74) is 21.6. The molecule has 0 saturated heterocycles. The second kappa shape index (κ2) is 42.8. The van der Waals surface area contributed by atoms with Crippen LogP contribution >= 0.6 is 0 Å². The molecule has 0 spiro atoms. The molecular weight excluding hydrogens is 2230 g/mol. The van der Waals surface area contributed by atoms with Gasteiger partial charge < -0.3 is 39.0 Å². The first-order valence-corrected chi connectivity index (χ1v) is 68.3. The summed E-state index contributed by atoms with van der Waals surface area (Å²) in [6.07, 6.45) is 11.7. The van der Waals surface area contributed by atoms with E-state index < -0.39 is 56.5 Å². The molecule has 0 N–H and O–H groups in total. The van der Waals surface area contributed by atoms with Crippen molar-refractivity contribution in [3.8, 4) is 84.4 Å². The van der Waals surface area contributed by atoms with Crippen LogP contribution in [0.5, 0.6) is 0 Å². The number of rotatable bonds is 14. The Morgan fingerprint density at radius 3 is 1.19 bits per heavy atom. The number of para-hydroxylation sites is 3. The molecule has 667 valence electrons. The Kier molecular flexibility index (Phi) is 33.2. The van der Waals surface area contributed by atoms with Gasteiger partial charge in [0.05, 0.1) is 56.5 Å². The SMILES string of the molecule is CCn1c2c[c-]c(-c3ncccc3[Si](C)(C)C)cc2c2ccccc21.C[Si](C)(C)c1ccc(-c2[c-]cccc2)nc1.C[Si](C)(C)c1ccc(-c2[c-]cccc2)nc1.C[Si](C)(C)c1cccnc1-c1[c-]cccc1.C[Si](C)(C)c1ccnc(-c2[c-]cc3c(c2)-c2ccccc2[Si]3(C)C)c1.C[Si](C)(C)c1ccnc(-c2[c-]cc3c(c2)c2ccccc2n3-c2ccccc2)c1.[Ir].[Ir].[Ir]. The first-order valence-electron chi connectivity index (χ1n) is 44.3. The second-order valence-corrected chi connectivity index (χ2v) is 74.2. The third-order valence-electron chi connectivity index (χ3n) is 23.6. The van der Waals surface area contributed by atoms with Crippen LogP contribution in [0.1, 0.15) is 6.92 Å². The molecule has 0 saturated carbocycles. The normalized spacial score (nSPS) is 12.1.